The van der Waals surface area contributed by atoms with Crippen molar-refractivity contribution in [3.8, 4) is 5.75 Å². The van der Waals surface area contributed by atoms with Gasteiger partial charge >= 0.3 is 7.60 Å². The number of aromatic hydroxyl groups is 1. The number of hydrogen-bond donors (Lipinski definition) is 6. The number of hydrogen-bond acceptors (Lipinski definition) is 8. The predicted octanol–water partition coefficient (Wildman–Crippen LogP) is 2.75. The van der Waals surface area contributed by atoms with E-state index in [2.05, 4.69) is 15.5 Å². The fourth-order valence-corrected chi connectivity index (χ4v) is 4.00. The molecular weight excluding hydrogens is 486 g/mol. The molecule has 0 fully saturated rings. The maximum Gasteiger partial charge on any atom is 0.356 e. The van der Waals surface area contributed by atoms with E-state index in [0.717, 1.165) is 12.1 Å². The van der Waals surface area contributed by atoms with Crippen LogP contribution in [0.3, 0.4) is 0 Å². The summed E-state index contributed by atoms with van der Waals surface area (Å²) in [6.07, 6.45) is 0. The molecule has 3 aromatic rings. The first-order valence-electron chi connectivity index (χ1n) is 8.49. The van der Waals surface area contributed by atoms with Gasteiger partial charge in [-0.1, -0.05) is 12.1 Å². The maximum atomic E-state index is 11.8. The van der Waals surface area contributed by atoms with Crippen LogP contribution in [0.5, 0.6) is 5.75 Å². The number of rotatable bonds is 5. The number of phenolic OH excluding ortho intramolecular Hbond substituents is 1. The largest absolute Gasteiger partial charge is 0.505 e. The number of phenols is 1. The molecule has 1 radical (unpaired) electrons. The Morgan fingerprint density at radius 2 is 1.73 bits per heavy atom. The van der Waals surface area contributed by atoms with Crippen molar-refractivity contribution < 1.29 is 37.2 Å². The Labute approximate surface area is 210 Å². The molecule has 171 valence electrons. The minimum absolute atomic E-state index is 0. The van der Waals surface area contributed by atoms with Gasteiger partial charge in [0.1, 0.15) is 10.6 Å². The molecule has 0 aliphatic rings. The van der Waals surface area contributed by atoms with E-state index in [1.54, 1.807) is 0 Å². The van der Waals surface area contributed by atoms with Gasteiger partial charge in [0.2, 0.25) is 5.91 Å². The molecule has 1 amide bonds. The van der Waals surface area contributed by atoms with Gasteiger partial charge in [-0.15, -0.1) is 5.11 Å². The quantitative estimate of drug-likeness (QED) is 0.130. The fraction of sp³-hybridized carbons (Fsp3) is 0.0556. The standard InChI is InChI=1S/C18H16N3O8PS.H3N.Na/c1-10(22)19-12-6-5-11-7-16(31(27,28)29)17(18(23)15(11)9-12)21-20-13-3-2-4-14(8-13)30(24,25)26;;/h2-9,23H,1H3,(H,19,22)(H2,24,25,26)(H,27,28,29);1H3;. The molecule has 0 aliphatic heterocycles. The third-order valence-corrected chi connectivity index (χ3v) is 5.90. The first-order valence-corrected chi connectivity index (χ1v) is 11.5. The van der Waals surface area contributed by atoms with Crippen molar-refractivity contribution in [2.75, 3.05) is 5.32 Å². The summed E-state index contributed by atoms with van der Waals surface area (Å²) in [7, 11) is -9.38. The summed E-state index contributed by atoms with van der Waals surface area (Å²) in [5.41, 5.74) is -0.294. The molecule has 0 unspecified atom stereocenters. The van der Waals surface area contributed by atoms with Gasteiger partial charge in [0.05, 0.1) is 11.0 Å². The summed E-state index contributed by atoms with van der Waals surface area (Å²) in [6.45, 7) is 1.29. The number of carbonyl (C=O) groups is 1. The Morgan fingerprint density at radius 1 is 1.06 bits per heavy atom. The average Bonchev–Trinajstić information content (AvgIpc) is 2.66. The molecule has 0 spiro atoms. The molecule has 3 aromatic carbocycles. The van der Waals surface area contributed by atoms with Crippen molar-refractivity contribution in [3.05, 3.63) is 48.5 Å². The van der Waals surface area contributed by atoms with E-state index in [1.165, 1.54) is 43.3 Å². The van der Waals surface area contributed by atoms with Gasteiger partial charge in [-0.3, -0.25) is 13.9 Å². The zero-order chi connectivity index (χ0) is 23.0. The fourth-order valence-electron chi connectivity index (χ4n) is 2.76. The van der Waals surface area contributed by atoms with Gasteiger partial charge in [0.25, 0.3) is 10.1 Å². The molecule has 33 heavy (non-hydrogen) atoms. The monoisotopic (exact) mass is 505 g/mol. The average molecular weight is 505 g/mol. The molecular formula is C18H19N4NaO8PS. The number of nitrogens with zero attached hydrogens (tertiary/aromatic N) is 2. The van der Waals surface area contributed by atoms with Crippen molar-refractivity contribution >= 4 is 86.3 Å². The van der Waals surface area contributed by atoms with Crippen LogP contribution in [-0.2, 0) is 19.5 Å². The molecule has 0 atom stereocenters. The molecule has 3 rings (SSSR count). The molecule has 12 nitrogen and oxygen atoms in total. The Hall–Kier alpha value is -2.19. The molecule has 0 saturated carbocycles. The Morgan fingerprint density at radius 3 is 2.30 bits per heavy atom. The van der Waals surface area contributed by atoms with E-state index in [-0.39, 0.29) is 63.4 Å². The minimum Gasteiger partial charge on any atom is -0.505 e. The zero-order valence-corrected chi connectivity index (χ0v) is 21.2. The van der Waals surface area contributed by atoms with Crippen molar-refractivity contribution in [2.45, 2.75) is 11.8 Å². The van der Waals surface area contributed by atoms with Gasteiger partial charge in [0.15, 0.2) is 5.75 Å². The number of nitrogens with one attached hydrogen (secondary N) is 1. The van der Waals surface area contributed by atoms with Crippen molar-refractivity contribution in [2.24, 2.45) is 10.2 Å². The zero-order valence-electron chi connectivity index (χ0n) is 17.5. The van der Waals surface area contributed by atoms with Crippen LogP contribution in [0, 0.1) is 0 Å². The van der Waals surface area contributed by atoms with Gasteiger partial charge in [-0.25, -0.2) is 0 Å². The predicted molar refractivity (Wildman–Crippen MR) is 123 cm³/mol. The molecule has 8 N–H and O–H groups in total. The second kappa shape index (κ2) is 10.8. The van der Waals surface area contributed by atoms with Crippen molar-refractivity contribution in [1.82, 2.24) is 6.15 Å². The SMILES string of the molecule is CC(=O)Nc1ccc2cc(S(=O)(=O)O)c(N=Nc3cccc(P(=O)(O)O)c3)c(O)c2c1.N.[Na]. The van der Waals surface area contributed by atoms with Crippen LogP contribution in [0.4, 0.5) is 17.1 Å². The van der Waals surface area contributed by atoms with Crippen molar-refractivity contribution in [1.29, 1.82) is 0 Å². The van der Waals surface area contributed by atoms with Crippen LogP contribution in [0.15, 0.2) is 63.7 Å². The summed E-state index contributed by atoms with van der Waals surface area (Å²) >= 11 is 0. The van der Waals surface area contributed by atoms with Crippen molar-refractivity contribution in [3.63, 3.8) is 0 Å². The molecule has 0 aromatic heterocycles. The van der Waals surface area contributed by atoms with Gasteiger partial charge in [-0.05, 0) is 41.8 Å². The minimum atomic E-state index is -4.82. The van der Waals surface area contributed by atoms with Crippen LogP contribution in [-0.4, -0.2) is 63.3 Å². The van der Waals surface area contributed by atoms with Crippen LogP contribution in [0.2, 0.25) is 0 Å². The summed E-state index contributed by atoms with van der Waals surface area (Å²) in [5.74, 6) is -0.995. The van der Waals surface area contributed by atoms with Crippen LogP contribution in [0.1, 0.15) is 6.92 Å². The van der Waals surface area contributed by atoms with Gasteiger partial charge in [0, 0.05) is 47.6 Å². The number of carbonyl (C=O) groups excluding carboxylic acids is 1. The summed E-state index contributed by atoms with van der Waals surface area (Å²) < 4.78 is 44.7. The number of azo groups is 1. The Balaban J connectivity index is 0.00000272. The molecule has 15 heteroatoms. The van der Waals surface area contributed by atoms with E-state index in [4.69, 9.17) is 0 Å². The van der Waals surface area contributed by atoms with Gasteiger partial charge in [-0.2, -0.15) is 13.5 Å². The van der Waals surface area contributed by atoms with Crippen LogP contribution >= 0.6 is 7.60 Å². The number of fused-ring (bicyclic) bond motifs is 1. The second-order valence-electron chi connectivity index (χ2n) is 6.43. The normalized spacial score (nSPS) is 11.6. The third-order valence-electron chi connectivity index (χ3n) is 4.08. The summed E-state index contributed by atoms with van der Waals surface area (Å²) in [4.78, 5) is 29.1. The summed E-state index contributed by atoms with van der Waals surface area (Å²) in [5, 5.41) is 20.6. The third kappa shape index (κ3) is 6.90. The number of amides is 1. The van der Waals surface area contributed by atoms with E-state index < -0.39 is 34.0 Å². The Kier molecular flexibility index (Phi) is 9.46. The smallest absolute Gasteiger partial charge is 0.356 e. The Bertz CT molecular complexity index is 1390. The summed E-state index contributed by atoms with van der Waals surface area (Å²) in [6, 6.07) is 10.3. The molecule has 0 aliphatic carbocycles. The maximum absolute atomic E-state index is 11.8. The second-order valence-corrected chi connectivity index (χ2v) is 9.42. The van der Waals surface area contributed by atoms with Crippen LogP contribution < -0.4 is 16.8 Å². The molecule has 0 heterocycles. The van der Waals surface area contributed by atoms with E-state index >= 15 is 0 Å². The van der Waals surface area contributed by atoms with Crippen LogP contribution in [0.25, 0.3) is 10.8 Å². The molecule has 0 saturated heterocycles. The number of benzene rings is 3. The van der Waals surface area contributed by atoms with E-state index in [0.29, 0.717) is 5.69 Å². The van der Waals surface area contributed by atoms with Gasteiger partial charge < -0.3 is 26.4 Å². The molecule has 0 bridgehead atoms. The van der Waals surface area contributed by atoms with E-state index in [9.17, 15) is 37.2 Å². The first-order chi connectivity index (χ1) is 14.4. The topological polar surface area (TPSA) is 221 Å². The van der Waals surface area contributed by atoms with E-state index in [1.807, 2.05) is 0 Å². The first kappa shape index (κ1) is 28.8. The number of anilines is 1.